The molecule has 6 nitrogen and oxygen atoms in total. The summed E-state index contributed by atoms with van der Waals surface area (Å²) in [6, 6.07) is 0.292. The number of thioether (sulfide) groups is 1. The van der Waals surface area contributed by atoms with Crippen LogP contribution < -0.4 is 10.6 Å². The summed E-state index contributed by atoms with van der Waals surface area (Å²) in [5.74, 6) is 2.13. The fourth-order valence-electron chi connectivity index (χ4n) is 2.27. The van der Waals surface area contributed by atoms with Crippen molar-refractivity contribution < 1.29 is 8.42 Å². The summed E-state index contributed by atoms with van der Waals surface area (Å²) in [6.07, 6.45) is 4.86. The fraction of sp³-hybridized carbons (Fsp3) is 0.923. The van der Waals surface area contributed by atoms with Gasteiger partial charge in [-0.3, -0.25) is 4.99 Å². The lowest BCUT2D eigenvalue weighted by atomic mass is 10.1. The van der Waals surface area contributed by atoms with Crippen LogP contribution in [-0.2, 0) is 10.0 Å². The third-order valence-electron chi connectivity index (χ3n) is 3.59. The van der Waals surface area contributed by atoms with Crippen LogP contribution >= 0.6 is 35.7 Å². The van der Waals surface area contributed by atoms with Crippen molar-refractivity contribution in [3.05, 3.63) is 0 Å². The Morgan fingerprint density at radius 2 is 2.00 bits per heavy atom. The first-order valence-electron chi connectivity index (χ1n) is 7.47. The first-order chi connectivity index (χ1) is 10.0. The van der Waals surface area contributed by atoms with Crippen molar-refractivity contribution in [3.63, 3.8) is 0 Å². The molecule has 0 radical (unpaired) electrons. The molecule has 0 amide bonds. The van der Waals surface area contributed by atoms with Crippen LogP contribution in [0.25, 0.3) is 0 Å². The van der Waals surface area contributed by atoms with E-state index in [1.54, 1.807) is 18.3 Å². The highest BCUT2D eigenvalue weighted by atomic mass is 127. The smallest absolute Gasteiger partial charge is 0.213 e. The Morgan fingerprint density at radius 3 is 2.50 bits per heavy atom. The zero-order valence-corrected chi connectivity index (χ0v) is 17.6. The highest BCUT2D eigenvalue weighted by molar-refractivity contribution is 14.0. The van der Waals surface area contributed by atoms with Gasteiger partial charge in [0.15, 0.2) is 5.96 Å². The molecule has 0 spiro atoms. The summed E-state index contributed by atoms with van der Waals surface area (Å²) < 4.78 is 25.2. The van der Waals surface area contributed by atoms with Crippen LogP contribution in [0.15, 0.2) is 4.99 Å². The van der Waals surface area contributed by atoms with E-state index >= 15 is 0 Å². The molecule has 0 unspecified atom stereocenters. The number of sulfonamides is 1. The van der Waals surface area contributed by atoms with Crippen LogP contribution in [-0.4, -0.2) is 69.2 Å². The van der Waals surface area contributed by atoms with Gasteiger partial charge in [-0.1, -0.05) is 0 Å². The number of hydrogen-bond donors (Lipinski definition) is 2. The summed E-state index contributed by atoms with van der Waals surface area (Å²) in [7, 11) is -1.28. The minimum Gasteiger partial charge on any atom is -0.356 e. The van der Waals surface area contributed by atoms with E-state index in [1.165, 1.54) is 0 Å². The van der Waals surface area contributed by atoms with Gasteiger partial charge in [0.1, 0.15) is 0 Å². The van der Waals surface area contributed by atoms with Gasteiger partial charge in [-0.2, -0.15) is 11.8 Å². The van der Waals surface area contributed by atoms with Crippen molar-refractivity contribution in [1.82, 2.24) is 14.9 Å². The Kier molecular flexibility index (Phi) is 11.9. The van der Waals surface area contributed by atoms with Gasteiger partial charge in [0.05, 0.1) is 5.75 Å². The minimum absolute atomic E-state index is 0. The molecule has 1 aliphatic rings. The van der Waals surface area contributed by atoms with Crippen LogP contribution in [0, 0.1) is 0 Å². The largest absolute Gasteiger partial charge is 0.356 e. The quantitative estimate of drug-likeness (QED) is 0.258. The summed E-state index contributed by atoms with van der Waals surface area (Å²) >= 11 is 1.84. The first-order valence-corrected chi connectivity index (χ1v) is 10.5. The van der Waals surface area contributed by atoms with Crippen LogP contribution in [0.4, 0.5) is 0 Å². The topological polar surface area (TPSA) is 73.8 Å². The molecule has 2 N–H and O–H groups in total. The monoisotopic (exact) mass is 464 g/mol. The normalized spacial score (nSPS) is 17.9. The molecule has 9 heteroatoms. The molecular formula is C13H29IN4O2S2. The molecule has 0 aromatic carbocycles. The van der Waals surface area contributed by atoms with E-state index in [9.17, 15) is 8.42 Å². The van der Waals surface area contributed by atoms with Crippen molar-refractivity contribution in [2.24, 2.45) is 4.99 Å². The van der Waals surface area contributed by atoms with Crippen LogP contribution in [0.2, 0.25) is 0 Å². The molecule has 0 aromatic rings. The summed E-state index contributed by atoms with van der Waals surface area (Å²) in [5.41, 5.74) is 0. The van der Waals surface area contributed by atoms with Gasteiger partial charge in [0.2, 0.25) is 10.0 Å². The second-order valence-electron chi connectivity index (χ2n) is 5.06. The molecule has 132 valence electrons. The number of aliphatic imine (C=N–C) groups is 1. The number of guanidine groups is 1. The summed E-state index contributed by atoms with van der Waals surface area (Å²) in [6.45, 7) is 3.79. The van der Waals surface area contributed by atoms with Crippen molar-refractivity contribution in [2.45, 2.75) is 32.2 Å². The van der Waals surface area contributed by atoms with E-state index in [0.29, 0.717) is 19.1 Å². The maximum Gasteiger partial charge on any atom is 0.213 e. The van der Waals surface area contributed by atoms with E-state index in [0.717, 1.165) is 37.5 Å². The zero-order valence-electron chi connectivity index (χ0n) is 13.7. The number of nitrogens with zero attached hydrogens (tertiary/aromatic N) is 2. The Labute approximate surface area is 156 Å². The van der Waals surface area contributed by atoms with Crippen LogP contribution in [0.3, 0.4) is 0 Å². The Hall–Kier alpha value is 0.260. The van der Waals surface area contributed by atoms with Crippen molar-refractivity contribution >= 4 is 51.7 Å². The minimum atomic E-state index is -3.04. The van der Waals surface area contributed by atoms with Crippen LogP contribution in [0.5, 0.6) is 0 Å². The Bertz CT molecular complexity index is 424. The molecule has 1 fully saturated rings. The zero-order chi connectivity index (χ0) is 15.7. The number of hydrogen-bond acceptors (Lipinski definition) is 4. The van der Waals surface area contributed by atoms with Gasteiger partial charge in [-0.05, 0) is 38.2 Å². The molecule has 0 bridgehead atoms. The van der Waals surface area contributed by atoms with Crippen molar-refractivity contribution in [2.75, 3.05) is 44.4 Å². The summed E-state index contributed by atoms with van der Waals surface area (Å²) in [4.78, 5) is 4.22. The van der Waals surface area contributed by atoms with Gasteiger partial charge in [-0.15, -0.1) is 24.0 Å². The van der Waals surface area contributed by atoms with E-state index in [1.807, 2.05) is 11.8 Å². The number of piperidine rings is 1. The molecule has 0 aliphatic carbocycles. The maximum absolute atomic E-state index is 11.8. The van der Waals surface area contributed by atoms with E-state index < -0.39 is 10.0 Å². The predicted octanol–water partition coefficient (Wildman–Crippen LogP) is 1.34. The second kappa shape index (κ2) is 11.7. The second-order valence-corrected chi connectivity index (χ2v) is 8.31. The highest BCUT2D eigenvalue weighted by Crippen LogP contribution is 2.14. The van der Waals surface area contributed by atoms with E-state index in [4.69, 9.17) is 0 Å². The van der Waals surface area contributed by atoms with Gasteiger partial charge in [-0.25, -0.2) is 12.7 Å². The van der Waals surface area contributed by atoms with Gasteiger partial charge < -0.3 is 10.6 Å². The molecule has 1 heterocycles. The van der Waals surface area contributed by atoms with E-state index in [2.05, 4.69) is 21.9 Å². The lowest BCUT2D eigenvalue weighted by Crippen LogP contribution is -2.50. The lowest BCUT2D eigenvalue weighted by molar-refractivity contribution is 0.306. The molecule has 0 atom stereocenters. The number of nitrogens with one attached hydrogen (secondary N) is 2. The Morgan fingerprint density at radius 1 is 1.36 bits per heavy atom. The predicted molar refractivity (Wildman–Crippen MR) is 107 cm³/mol. The molecule has 22 heavy (non-hydrogen) atoms. The standard InChI is InChI=1S/C13H28N4O2S2.HI/c1-4-21(18,19)17-9-6-12(7-10-17)16-13(14-2)15-8-5-11-20-3;/h12H,4-11H2,1-3H3,(H2,14,15,16);1H. The number of rotatable bonds is 7. The molecule has 0 saturated carbocycles. The molecular weight excluding hydrogens is 435 g/mol. The van der Waals surface area contributed by atoms with E-state index in [-0.39, 0.29) is 29.7 Å². The number of halogens is 1. The third kappa shape index (κ3) is 7.69. The van der Waals surface area contributed by atoms with Crippen LogP contribution in [0.1, 0.15) is 26.2 Å². The van der Waals surface area contributed by atoms with Gasteiger partial charge in [0, 0.05) is 32.7 Å². The van der Waals surface area contributed by atoms with Crippen molar-refractivity contribution in [1.29, 1.82) is 0 Å². The third-order valence-corrected chi connectivity index (χ3v) is 6.17. The highest BCUT2D eigenvalue weighted by Gasteiger charge is 2.26. The molecule has 0 aromatic heterocycles. The lowest BCUT2D eigenvalue weighted by Gasteiger charge is -2.32. The average molecular weight is 464 g/mol. The maximum atomic E-state index is 11.8. The fourth-order valence-corrected chi connectivity index (χ4v) is 3.84. The SMILES string of the molecule is CCS(=O)(=O)N1CCC(NC(=NC)NCCCSC)CC1.I. The molecule has 1 saturated heterocycles. The molecule has 1 rings (SSSR count). The Balaban J connectivity index is 0.00000441. The first kappa shape index (κ1) is 22.3. The summed E-state index contributed by atoms with van der Waals surface area (Å²) in [5, 5.41) is 6.68. The average Bonchev–Trinajstić information content (AvgIpc) is 2.50. The van der Waals surface area contributed by atoms with Gasteiger partial charge >= 0.3 is 0 Å². The molecule has 1 aliphatic heterocycles. The van der Waals surface area contributed by atoms with Crippen molar-refractivity contribution in [3.8, 4) is 0 Å². The van der Waals surface area contributed by atoms with Gasteiger partial charge in [0.25, 0.3) is 0 Å².